The second-order valence-corrected chi connectivity index (χ2v) is 12.8. The molecule has 0 aromatic carbocycles. The highest BCUT2D eigenvalue weighted by Gasteiger charge is 2.17. The Labute approximate surface area is 164 Å². The highest BCUT2D eigenvalue weighted by Crippen LogP contribution is 2.14. The van der Waals surface area contributed by atoms with E-state index in [2.05, 4.69) is 43.5 Å². The number of ether oxygens (including phenoxy) is 1. The van der Waals surface area contributed by atoms with Crippen molar-refractivity contribution in [3.63, 3.8) is 0 Å². The second-order valence-electron chi connectivity index (χ2n) is 8.39. The maximum Gasteiger partial charge on any atom is 0.305 e. The van der Waals surface area contributed by atoms with Crippen LogP contribution in [0.1, 0.15) is 90.4 Å². The summed E-state index contributed by atoms with van der Waals surface area (Å²) in [5.41, 5.74) is 0. The topological polar surface area (TPSA) is 35.5 Å². The molecule has 0 amide bonds. The fraction of sp³-hybridized carbons (Fsp3) is 0.864. The van der Waals surface area contributed by atoms with E-state index in [-0.39, 0.29) is 5.97 Å². The molecule has 0 aliphatic carbocycles. The van der Waals surface area contributed by atoms with E-state index < -0.39 is 8.32 Å². The Bertz CT molecular complexity index is 361. The largest absolute Gasteiger partial charge is 0.469 e. The molecule has 0 radical (unpaired) electrons. The van der Waals surface area contributed by atoms with E-state index in [1.807, 2.05) is 0 Å². The normalized spacial score (nSPS) is 13.3. The van der Waals surface area contributed by atoms with Crippen LogP contribution in [0.5, 0.6) is 0 Å². The monoisotopic (exact) mass is 384 g/mol. The average molecular weight is 385 g/mol. The molecule has 0 aliphatic heterocycles. The Morgan fingerprint density at radius 2 is 1.35 bits per heavy atom. The highest BCUT2D eigenvalue weighted by atomic mass is 28.4. The standard InChI is InChI=1S/C22H44O3Si/c1-21(25-26(3,4)5)19-17-15-13-11-9-7-6-8-10-12-14-16-18-20-22(23)24-2/h6-7,21H,8-20H2,1-5H3/b7-6+. The summed E-state index contributed by atoms with van der Waals surface area (Å²) in [4.78, 5) is 11.0. The maximum atomic E-state index is 11.0. The lowest BCUT2D eigenvalue weighted by Crippen LogP contribution is -2.30. The minimum Gasteiger partial charge on any atom is -0.469 e. The van der Waals surface area contributed by atoms with Crippen LogP contribution in [0.15, 0.2) is 12.2 Å². The molecule has 0 N–H and O–H groups in total. The number of carbonyl (C=O) groups is 1. The molecule has 0 bridgehead atoms. The van der Waals surface area contributed by atoms with Crippen molar-refractivity contribution in [2.75, 3.05) is 7.11 Å². The van der Waals surface area contributed by atoms with Gasteiger partial charge in [0.1, 0.15) is 0 Å². The summed E-state index contributed by atoms with van der Waals surface area (Å²) >= 11 is 0. The van der Waals surface area contributed by atoms with Gasteiger partial charge in [-0.05, 0) is 65.1 Å². The van der Waals surface area contributed by atoms with Crippen LogP contribution in [-0.4, -0.2) is 27.5 Å². The Morgan fingerprint density at radius 3 is 1.88 bits per heavy atom. The van der Waals surface area contributed by atoms with Crippen LogP contribution in [0.3, 0.4) is 0 Å². The number of hydrogen-bond donors (Lipinski definition) is 0. The number of hydrogen-bond acceptors (Lipinski definition) is 3. The predicted octanol–water partition coefficient (Wildman–Crippen LogP) is 7.03. The lowest BCUT2D eigenvalue weighted by Gasteiger charge is -2.23. The molecule has 1 atom stereocenters. The molecule has 154 valence electrons. The van der Waals surface area contributed by atoms with Crippen LogP contribution in [0.25, 0.3) is 0 Å². The number of carbonyl (C=O) groups excluding carboxylic acids is 1. The molecule has 1 unspecified atom stereocenters. The van der Waals surface area contributed by atoms with Gasteiger partial charge < -0.3 is 9.16 Å². The molecule has 0 spiro atoms. The van der Waals surface area contributed by atoms with Crippen molar-refractivity contribution in [1.82, 2.24) is 0 Å². The van der Waals surface area contributed by atoms with Gasteiger partial charge in [0.2, 0.25) is 0 Å². The Kier molecular flexibility index (Phi) is 16.2. The second kappa shape index (κ2) is 16.6. The van der Waals surface area contributed by atoms with Crippen molar-refractivity contribution in [2.45, 2.75) is 116 Å². The van der Waals surface area contributed by atoms with Gasteiger partial charge in [0.25, 0.3) is 0 Å². The fourth-order valence-electron chi connectivity index (χ4n) is 3.11. The molecule has 3 nitrogen and oxygen atoms in total. The van der Waals surface area contributed by atoms with E-state index in [1.165, 1.54) is 71.3 Å². The van der Waals surface area contributed by atoms with Crippen molar-refractivity contribution >= 4 is 14.3 Å². The third-order valence-electron chi connectivity index (χ3n) is 4.43. The molecule has 0 fully saturated rings. The lowest BCUT2D eigenvalue weighted by atomic mass is 10.1. The number of esters is 1. The fourth-order valence-corrected chi connectivity index (χ4v) is 4.43. The molecule has 4 heteroatoms. The number of allylic oxidation sites excluding steroid dienone is 2. The SMILES string of the molecule is COC(=O)CCCCCCC/C=C/CCCCCCC(C)O[Si](C)(C)C. The smallest absolute Gasteiger partial charge is 0.305 e. The molecule has 0 aliphatic rings. The van der Waals surface area contributed by atoms with E-state index >= 15 is 0 Å². The molecular formula is C22H44O3Si. The zero-order chi connectivity index (χ0) is 19.7. The average Bonchev–Trinajstić information content (AvgIpc) is 2.56. The zero-order valence-corrected chi connectivity index (χ0v) is 19.1. The molecule has 26 heavy (non-hydrogen) atoms. The molecule has 0 aromatic rings. The molecular weight excluding hydrogens is 340 g/mol. The van der Waals surface area contributed by atoms with Crippen LogP contribution in [0.2, 0.25) is 19.6 Å². The first-order valence-corrected chi connectivity index (χ1v) is 14.2. The van der Waals surface area contributed by atoms with Crippen molar-refractivity contribution in [3.05, 3.63) is 12.2 Å². The van der Waals surface area contributed by atoms with Crippen molar-refractivity contribution < 1.29 is 14.0 Å². The minimum atomic E-state index is -1.36. The van der Waals surface area contributed by atoms with Gasteiger partial charge in [0, 0.05) is 12.5 Å². The van der Waals surface area contributed by atoms with Crippen LogP contribution in [0.4, 0.5) is 0 Å². The first kappa shape index (κ1) is 25.4. The number of unbranched alkanes of at least 4 members (excludes halogenated alkanes) is 9. The van der Waals surface area contributed by atoms with E-state index in [0.29, 0.717) is 12.5 Å². The van der Waals surface area contributed by atoms with Crippen molar-refractivity contribution in [3.8, 4) is 0 Å². The van der Waals surface area contributed by atoms with Gasteiger partial charge in [-0.15, -0.1) is 0 Å². The molecule has 0 rings (SSSR count). The summed E-state index contributed by atoms with van der Waals surface area (Å²) < 4.78 is 10.7. The van der Waals surface area contributed by atoms with E-state index in [9.17, 15) is 4.79 Å². The summed E-state index contributed by atoms with van der Waals surface area (Å²) in [6, 6.07) is 0. The van der Waals surface area contributed by atoms with Gasteiger partial charge >= 0.3 is 5.97 Å². The molecule has 0 heterocycles. The third kappa shape index (κ3) is 19.7. The van der Waals surface area contributed by atoms with Gasteiger partial charge in [-0.25, -0.2) is 0 Å². The predicted molar refractivity (Wildman–Crippen MR) is 115 cm³/mol. The van der Waals surface area contributed by atoms with Crippen LogP contribution < -0.4 is 0 Å². The molecule has 0 saturated heterocycles. The van der Waals surface area contributed by atoms with Crippen LogP contribution in [0, 0.1) is 0 Å². The van der Waals surface area contributed by atoms with Gasteiger partial charge in [-0.3, -0.25) is 4.79 Å². The van der Waals surface area contributed by atoms with Gasteiger partial charge in [-0.1, -0.05) is 50.7 Å². The van der Waals surface area contributed by atoms with Gasteiger partial charge in [0.05, 0.1) is 7.11 Å². The number of methoxy groups -OCH3 is 1. The summed E-state index contributed by atoms with van der Waals surface area (Å²) in [7, 11) is 0.0965. The lowest BCUT2D eigenvalue weighted by molar-refractivity contribution is -0.140. The quantitative estimate of drug-likeness (QED) is 0.117. The third-order valence-corrected chi connectivity index (χ3v) is 5.54. The maximum absolute atomic E-state index is 11.0. The summed E-state index contributed by atoms with van der Waals surface area (Å²) in [5, 5.41) is 0. The van der Waals surface area contributed by atoms with E-state index in [0.717, 1.165) is 12.8 Å². The Hall–Kier alpha value is -0.613. The summed E-state index contributed by atoms with van der Waals surface area (Å²) in [5.74, 6) is -0.0812. The van der Waals surface area contributed by atoms with Crippen LogP contribution in [-0.2, 0) is 14.0 Å². The summed E-state index contributed by atoms with van der Waals surface area (Å²) in [6.45, 7) is 9.02. The highest BCUT2D eigenvalue weighted by molar-refractivity contribution is 6.69. The van der Waals surface area contributed by atoms with E-state index in [1.54, 1.807) is 0 Å². The first-order valence-electron chi connectivity index (χ1n) is 10.7. The minimum absolute atomic E-state index is 0.0812. The van der Waals surface area contributed by atoms with Crippen molar-refractivity contribution in [2.24, 2.45) is 0 Å². The van der Waals surface area contributed by atoms with E-state index in [4.69, 9.17) is 4.43 Å². The van der Waals surface area contributed by atoms with Gasteiger partial charge in [0.15, 0.2) is 8.32 Å². The summed E-state index contributed by atoms with van der Waals surface area (Å²) in [6.07, 6.45) is 20.5. The van der Waals surface area contributed by atoms with Crippen molar-refractivity contribution in [1.29, 1.82) is 0 Å². The molecule has 0 saturated carbocycles. The van der Waals surface area contributed by atoms with Crippen LogP contribution >= 0.6 is 0 Å². The first-order chi connectivity index (χ1) is 12.3. The zero-order valence-electron chi connectivity index (χ0n) is 18.1. The Balaban J connectivity index is 3.28. The molecule has 0 aromatic heterocycles. The number of rotatable bonds is 17. The Morgan fingerprint density at radius 1 is 0.846 bits per heavy atom. The van der Waals surface area contributed by atoms with Gasteiger partial charge in [-0.2, -0.15) is 0 Å².